The van der Waals surface area contributed by atoms with Crippen molar-refractivity contribution in [1.29, 1.82) is 0 Å². The van der Waals surface area contributed by atoms with E-state index in [2.05, 4.69) is 15.1 Å². The molecule has 1 saturated heterocycles. The average Bonchev–Trinajstić information content (AvgIpc) is 2.68. The molecular weight excluding hydrogens is 320 g/mol. The van der Waals surface area contributed by atoms with Crippen molar-refractivity contribution in [3.63, 3.8) is 0 Å². The molecule has 2 heterocycles. The minimum Gasteiger partial charge on any atom is -0.497 e. The lowest BCUT2D eigenvalue weighted by Crippen LogP contribution is -2.49. The molecule has 3 rings (SSSR count). The van der Waals surface area contributed by atoms with Gasteiger partial charge < -0.3 is 19.3 Å². The molecule has 132 valence electrons. The summed E-state index contributed by atoms with van der Waals surface area (Å²) in [6.45, 7) is 5.27. The Bertz CT molecular complexity index is 695. The van der Waals surface area contributed by atoms with Crippen LogP contribution in [0, 0.1) is 0 Å². The Kier molecular flexibility index (Phi) is 5.33. The zero-order valence-corrected chi connectivity index (χ0v) is 14.5. The van der Waals surface area contributed by atoms with Crippen LogP contribution in [0.4, 0.5) is 5.69 Å². The molecule has 0 spiro atoms. The Hall–Kier alpha value is -2.83. The average molecular weight is 342 g/mol. The predicted molar refractivity (Wildman–Crippen MR) is 94.3 cm³/mol. The molecule has 0 aliphatic carbocycles. The molecule has 1 aromatic carbocycles. The first kappa shape index (κ1) is 17.0. The van der Waals surface area contributed by atoms with Gasteiger partial charge in [-0.05, 0) is 37.3 Å². The molecule has 0 unspecified atom stereocenters. The number of piperazine rings is 1. The normalized spacial score (nSPS) is 14.3. The van der Waals surface area contributed by atoms with Gasteiger partial charge in [0.05, 0.1) is 13.7 Å². The van der Waals surface area contributed by atoms with Crippen molar-refractivity contribution in [2.75, 3.05) is 44.8 Å². The molecule has 1 aliphatic rings. The van der Waals surface area contributed by atoms with E-state index in [0.717, 1.165) is 24.5 Å². The van der Waals surface area contributed by atoms with Crippen molar-refractivity contribution in [3.05, 3.63) is 42.1 Å². The summed E-state index contributed by atoms with van der Waals surface area (Å²) in [7, 11) is 1.66. The molecular formula is C18H22N4O3. The summed E-state index contributed by atoms with van der Waals surface area (Å²) < 4.78 is 10.4. The van der Waals surface area contributed by atoms with E-state index < -0.39 is 0 Å². The van der Waals surface area contributed by atoms with Crippen molar-refractivity contribution >= 4 is 11.6 Å². The largest absolute Gasteiger partial charge is 0.497 e. The summed E-state index contributed by atoms with van der Waals surface area (Å²) in [6, 6.07) is 11.3. The Morgan fingerprint density at radius 3 is 2.32 bits per heavy atom. The van der Waals surface area contributed by atoms with Crippen LogP contribution in [-0.4, -0.2) is 60.9 Å². The van der Waals surface area contributed by atoms with Gasteiger partial charge in [0.15, 0.2) is 5.69 Å². The number of methoxy groups -OCH3 is 1. The molecule has 0 bridgehead atoms. The van der Waals surface area contributed by atoms with E-state index in [0.29, 0.717) is 31.3 Å². The highest BCUT2D eigenvalue weighted by atomic mass is 16.5. The fourth-order valence-electron chi connectivity index (χ4n) is 2.78. The lowest BCUT2D eigenvalue weighted by Gasteiger charge is -2.36. The number of aromatic nitrogens is 2. The third-order valence-electron chi connectivity index (χ3n) is 4.16. The van der Waals surface area contributed by atoms with E-state index in [1.807, 2.05) is 36.1 Å². The first-order chi connectivity index (χ1) is 12.2. The van der Waals surface area contributed by atoms with E-state index in [9.17, 15) is 4.79 Å². The van der Waals surface area contributed by atoms with Crippen LogP contribution in [0.3, 0.4) is 0 Å². The Morgan fingerprint density at radius 2 is 1.76 bits per heavy atom. The number of anilines is 1. The Morgan fingerprint density at radius 1 is 1.04 bits per heavy atom. The minimum atomic E-state index is -0.0927. The van der Waals surface area contributed by atoms with Crippen LogP contribution >= 0.6 is 0 Å². The highest BCUT2D eigenvalue weighted by molar-refractivity contribution is 5.92. The topological polar surface area (TPSA) is 67.8 Å². The molecule has 1 amide bonds. The quantitative estimate of drug-likeness (QED) is 0.826. The van der Waals surface area contributed by atoms with Crippen LogP contribution in [0.5, 0.6) is 11.6 Å². The van der Waals surface area contributed by atoms with Crippen LogP contribution in [-0.2, 0) is 0 Å². The second kappa shape index (κ2) is 7.83. The van der Waals surface area contributed by atoms with Crippen molar-refractivity contribution in [2.24, 2.45) is 0 Å². The number of carbonyl (C=O) groups is 1. The van der Waals surface area contributed by atoms with Gasteiger partial charge in [-0.3, -0.25) is 4.79 Å². The number of ether oxygens (including phenoxy) is 2. The van der Waals surface area contributed by atoms with E-state index >= 15 is 0 Å². The van der Waals surface area contributed by atoms with E-state index in [4.69, 9.17) is 9.47 Å². The van der Waals surface area contributed by atoms with E-state index in [1.54, 1.807) is 19.2 Å². The standard InChI is InChI=1S/C18H22N4O3/c1-3-25-17-9-8-16(19-20-17)18(23)22-12-10-21(11-13-22)14-4-6-15(24-2)7-5-14/h4-9H,3,10-13H2,1-2H3. The van der Waals surface area contributed by atoms with E-state index in [1.165, 1.54) is 0 Å². The second-order valence-corrected chi connectivity index (χ2v) is 5.67. The summed E-state index contributed by atoms with van der Waals surface area (Å²) in [4.78, 5) is 16.6. The molecule has 2 aromatic rings. The van der Waals surface area contributed by atoms with Gasteiger partial charge in [0.1, 0.15) is 5.75 Å². The molecule has 7 nitrogen and oxygen atoms in total. The molecule has 1 aliphatic heterocycles. The smallest absolute Gasteiger partial charge is 0.274 e. The molecule has 1 fully saturated rings. The molecule has 0 N–H and O–H groups in total. The number of carbonyl (C=O) groups excluding carboxylic acids is 1. The third-order valence-corrected chi connectivity index (χ3v) is 4.16. The van der Waals surface area contributed by atoms with Gasteiger partial charge in [-0.1, -0.05) is 0 Å². The Labute approximate surface area is 147 Å². The number of hydrogen-bond donors (Lipinski definition) is 0. The summed E-state index contributed by atoms with van der Waals surface area (Å²) in [6.07, 6.45) is 0. The SMILES string of the molecule is CCOc1ccc(C(=O)N2CCN(c3ccc(OC)cc3)CC2)nn1. The van der Waals surface area contributed by atoms with Crippen LogP contribution in [0.1, 0.15) is 17.4 Å². The lowest BCUT2D eigenvalue weighted by atomic mass is 10.2. The summed E-state index contributed by atoms with van der Waals surface area (Å²) in [5, 5.41) is 7.90. The molecule has 7 heteroatoms. The summed E-state index contributed by atoms with van der Waals surface area (Å²) >= 11 is 0. The second-order valence-electron chi connectivity index (χ2n) is 5.67. The number of rotatable bonds is 5. The van der Waals surface area contributed by atoms with Crippen LogP contribution < -0.4 is 14.4 Å². The number of nitrogens with zero attached hydrogens (tertiary/aromatic N) is 4. The number of amides is 1. The number of benzene rings is 1. The predicted octanol–water partition coefficient (Wildman–Crippen LogP) is 1.85. The minimum absolute atomic E-state index is 0.0927. The molecule has 0 radical (unpaired) electrons. The van der Waals surface area contributed by atoms with Crippen molar-refractivity contribution in [3.8, 4) is 11.6 Å². The van der Waals surface area contributed by atoms with Gasteiger partial charge in [-0.25, -0.2) is 0 Å². The highest BCUT2D eigenvalue weighted by Gasteiger charge is 2.23. The van der Waals surface area contributed by atoms with Gasteiger partial charge >= 0.3 is 0 Å². The fraction of sp³-hybridized carbons (Fsp3) is 0.389. The first-order valence-corrected chi connectivity index (χ1v) is 8.36. The Balaban J connectivity index is 1.58. The lowest BCUT2D eigenvalue weighted by molar-refractivity contribution is 0.0739. The maximum absolute atomic E-state index is 12.5. The van der Waals surface area contributed by atoms with Crippen molar-refractivity contribution in [2.45, 2.75) is 6.92 Å². The highest BCUT2D eigenvalue weighted by Crippen LogP contribution is 2.21. The van der Waals surface area contributed by atoms with Crippen LogP contribution in [0.2, 0.25) is 0 Å². The van der Waals surface area contributed by atoms with E-state index in [-0.39, 0.29) is 5.91 Å². The fourth-order valence-corrected chi connectivity index (χ4v) is 2.78. The van der Waals surface area contributed by atoms with Gasteiger partial charge in [0.25, 0.3) is 5.91 Å². The number of hydrogen-bond acceptors (Lipinski definition) is 6. The van der Waals surface area contributed by atoms with Crippen LogP contribution in [0.25, 0.3) is 0 Å². The van der Waals surface area contributed by atoms with Crippen molar-refractivity contribution < 1.29 is 14.3 Å². The first-order valence-electron chi connectivity index (χ1n) is 8.36. The monoisotopic (exact) mass is 342 g/mol. The van der Waals surface area contributed by atoms with Gasteiger partial charge in [-0.2, -0.15) is 0 Å². The summed E-state index contributed by atoms with van der Waals surface area (Å²) in [5.74, 6) is 1.18. The molecule has 1 aromatic heterocycles. The molecule has 25 heavy (non-hydrogen) atoms. The van der Waals surface area contributed by atoms with Crippen molar-refractivity contribution in [1.82, 2.24) is 15.1 Å². The van der Waals surface area contributed by atoms with Gasteiger partial charge in [0.2, 0.25) is 5.88 Å². The zero-order chi connectivity index (χ0) is 17.6. The van der Waals surface area contributed by atoms with Crippen LogP contribution in [0.15, 0.2) is 36.4 Å². The molecule has 0 saturated carbocycles. The van der Waals surface area contributed by atoms with Gasteiger partial charge in [-0.15, -0.1) is 10.2 Å². The third kappa shape index (κ3) is 3.99. The maximum atomic E-state index is 12.5. The molecule has 0 atom stereocenters. The maximum Gasteiger partial charge on any atom is 0.274 e. The summed E-state index contributed by atoms with van der Waals surface area (Å²) in [5.41, 5.74) is 1.48. The zero-order valence-electron chi connectivity index (χ0n) is 14.5. The van der Waals surface area contributed by atoms with Gasteiger partial charge in [0, 0.05) is 37.9 Å².